The molecule has 1 fully saturated rings. The Hall–Kier alpha value is -0.560. The number of rotatable bonds is 3. The maximum atomic E-state index is 6.42. The molecule has 76 valence electrons. The smallest absolute Gasteiger partial charge is 0.0447 e. The normalized spacial score (nSPS) is 29.6. The molecule has 0 N–H and O–H groups in total. The summed E-state index contributed by atoms with van der Waals surface area (Å²) in [5.41, 5.74) is 1.12. The van der Waals surface area contributed by atoms with Crippen LogP contribution in [0.5, 0.6) is 0 Å². The number of hydrogen-bond donors (Lipinski definition) is 0. The molecule has 1 saturated carbocycles. The molecule has 0 spiro atoms. The highest BCUT2D eigenvalue weighted by Gasteiger charge is 2.41. The van der Waals surface area contributed by atoms with E-state index in [2.05, 4.69) is 24.9 Å². The van der Waals surface area contributed by atoms with E-state index in [4.69, 9.17) is 11.6 Å². The first kappa shape index (κ1) is 9.97. The molecule has 0 aliphatic heterocycles. The second kappa shape index (κ2) is 3.90. The van der Waals surface area contributed by atoms with Crippen LogP contribution in [0.4, 0.5) is 0 Å². The van der Waals surface area contributed by atoms with E-state index in [1.807, 2.05) is 18.3 Å². The molecule has 0 amide bonds. The van der Waals surface area contributed by atoms with Crippen molar-refractivity contribution >= 4 is 11.6 Å². The van der Waals surface area contributed by atoms with Crippen LogP contribution in [-0.4, -0.2) is 10.4 Å². The lowest BCUT2D eigenvalue weighted by Crippen LogP contribution is -2.13. The van der Waals surface area contributed by atoms with Gasteiger partial charge in [0, 0.05) is 23.2 Å². The third-order valence-electron chi connectivity index (χ3n) is 3.21. The second-order valence-electron chi connectivity index (χ2n) is 4.36. The van der Waals surface area contributed by atoms with Gasteiger partial charge >= 0.3 is 0 Å². The molecule has 4 atom stereocenters. The van der Waals surface area contributed by atoms with Gasteiger partial charge in [-0.1, -0.05) is 19.9 Å². The van der Waals surface area contributed by atoms with Gasteiger partial charge < -0.3 is 0 Å². The van der Waals surface area contributed by atoms with Crippen LogP contribution >= 0.6 is 11.6 Å². The number of alkyl halides is 1. The van der Waals surface area contributed by atoms with Crippen LogP contribution in [-0.2, 0) is 0 Å². The first-order chi connectivity index (χ1) is 6.70. The van der Waals surface area contributed by atoms with Gasteiger partial charge in [0.1, 0.15) is 0 Å². The van der Waals surface area contributed by atoms with Crippen molar-refractivity contribution in [2.24, 2.45) is 11.8 Å². The maximum Gasteiger partial charge on any atom is 0.0447 e. The molecular weight excluding hydrogens is 194 g/mol. The van der Waals surface area contributed by atoms with E-state index >= 15 is 0 Å². The van der Waals surface area contributed by atoms with E-state index in [0.717, 1.165) is 11.6 Å². The molecule has 1 nitrogen and oxygen atoms in total. The zero-order valence-corrected chi connectivity index (χ0v) is 9.41. The van der Waals surface area contributed by atoms with Crippen LogP contribution in [0.3, 0.4) is 0 Å². The molecule has 0 aromatic carbocycles. The summed E-state index contributed by atoms with van der Waals surface area (Å²) in [5.74, 6) is 1.88. The van der Waals surface area contributed by atoms with Crippen LogP contribution in [0, 0.1) is 11.8 Å². The molecule has 14 heavy (non-hydrogen) atoms. The topological polar surface area (TPSA) is 12.9 Å². The van der Waals surface area contributed by atoms with E-state index in [0.29, 0.717) is 11.8 Å². The Bertz CT molecular complexity index is 298. The quantitative estimate of drug-likeness (QED) is 0.695. The minimum absolute atomic E-state index is 0.250. The van der Waals surface area contributed by atoms with Crippen molar-refractivity contribution in [1.29, 1.82) is 0 Å². The average molecular weight is 210 g/mol. The third-order valence-corrected chi connectivity index (χ3v) is 3.91. The summed E-state index contributed by atoms with van der Waals surface area (Å²) in [7, 11) is 0. The van der Waals surface area contributed by atoms with Gasteiger partial charge in [0.15, 0.2) is 0 Å². The lowest BCUT2D eigenvalue weighted by molar-refractivity contribution is 0.588. The molecule has 1 aromatic rings. The van der Waals surface area contributed by atoms with E-state index < -0.39 is 0 Å². The largest absolute Gasteiger partial charge is 0.261 e. The summed E-state index contributed by atoms with van der Waals surface area (Å²) in [4.78, 5) is 4.35. The van der Waals surface area contributed by atoms with Crippen molar-refractivity contribution in [1.82, 2.24) is 4.98 Å². The lowest BCUT2D eigenvalue weighted by Gasteiger charge is -2.17. The first-order valence-corrected chi connectivity index (χ1v) is 5.69. The lowest BCUT2D eigenvalue weighted by atomic mass is 9.99. The van der Waals surface area contributed by atoms with Crippen molar-refractivity contribution in [2.45, 2.75) is 31.6 Å². The van der Waals surface area contributed by atoms with Crippen LogP contribution in [0.25, 0.3) is 0 Å². The zero-order chi connectivity index (χ0) is 10.1. The van der Waals surface area contributed by atoms with Crippen molar-refractivity contribution in [3.05, 3.63) is 30.1 Å². The van der Waals surface area contributed by atoms with Gasteiger partial charge in [0.25, 0.3) is 0 Å². The Morgan fingerprint density at radius 1 is 1.50 bits per heavy atom. The predicted octanol–water partition coefficient (Wildman–Crippen LogP) is 3.45. The molecule has 2 heteroatoms. The standard InChI is InChI=1S/C12H16ClN/c1-8-7-10(8)12(13)9(2)11-5-3-4-6-14-11/h3-6,8-10,12H,7H2,1-2H3. The van der Waals surface area contributed by atoms with Gasteiger partial charge in [0.05, 0.1) is 0 Å². The van der Waals surface area contributed by atoms with Gasteiger partial charge in [-0.15, -0.1) is 11.6 Å². The first-order valence-electron chi connectivity index (χ1n) is 5.25. The molecule has 1 heterocycles. The van der Waals surface area contributed by atoms with Gasteiger partial charge in [-0.25, -0.2) is 0 Å². The number of pyridine rings is 1. The highest BCUT2D eigenvalue weighted by Crippen LogP contribution is 2.47. The van der Waals surface area contributed by atoms with E-state index in [1.165, 1.54) is 6.42 Å². The van der Waals surface area contributed by atoms with Gasteiger partial charge in [0.2, 0.25) is 0 Å². The average Bonchev–Trinajstić information content (AvgIpc) is 2.95. The van der Waals surface area contributed by atoms with E-state index in [1.54, 1.807) is 0 Å². The summed E-state index contributed by atoms with van der Waals surface area (Å²) < 4.78 is 0. The fourth-order valence-electron chi connectivity index (χ4n) is 1.97. The van der Waals surface area contributed by atoms with E-state index in [-0.39, 0.29) is 5.38 Å². The maximum absolute atomic E-state index is 6.42. The van der Waals surface area contributed by atoms with Crippen molar-refractivity contribution < 1.29 is 0 Å². The summed E-state index contributed by atoms with van der Waals surface area (Å²) >= 11 is 6.42. The second-order valence-corrected chi connectivity index (χ2v) is 4.87. The minimum atomic E-state index is 0.250. The summed E-state index contributed by atoms with van der Waals surface area (Å²) in [6.45, 7) is 4.44. The van der Waals surface area contributed by atoms with Crippen molar-refractivity contribution in [3.8, 4) is 0 Å². The Morgan fingerprint density at radius 3 is 2.71 bits per heavy atom. The number of aromatic nitrogens is 1. The third kappa shape index (κ3) is 1.93. The molecule has 1 aliphatic carbocycles. The van der Waals surface area contributed by atoms with Crippen LogP contribution in [0.2, 0.25) is 0 Å². The van der Waals surface area contributed by atoms with E-state index in [9.17, 15) is 0 Å². The molecular formula is C12H16ClN. The van der Waals surface area contributed by atoms with Crippen molar-refractivity contribution in [2.75, 3.05) is 0 Å². The molecule has 1 aliphatic rings. The number of hydrogen-bond acceptors (Lipinski definition) is 1. The highest BCUT2D eigenvalue weighted by atomic mass is 35.5. The predicted molar refractivity (Wildman–Crippen MR) is 59.6 cm³/mol. The number of halogens is 1. The molecule has 2 rings (SSSR count). The van der Waals surface area contributed by atoms with Crippen LogP contribution < -0.4 is 0 Å². The summed E-state index contributed by atoms with van der Waals surface area (Å²) in [5, 5.41) is 0.250. The zero-order valence-electron chi connectivity index (χ0n) is 8.65. The van der Waals surface area contributed by atoms with Crippen molar-refractivity contribution in [3.63, 3.8) is 0 Å². The SMILES string of the molecule is CC1CC1C(Cl)C(C)c1ccccn1. The van der Waals surface area contributed by atoms with Gasteiger partial charge in [-0.3, -0.25) is 4.98 Å². The Kier molecular flexibility index (Phi) is 2.78. The number of nitrogens with zero attached hydrogens (tertiary/aromatic N) is 1. The minimum Gasteiger partial charge on any atom is -0.261 e. The summed E-state index contributed by atoms with van der Waals surface area (Å²) in [6.07, 6.45) is 3.12. The Balaban J connectivity index is 2.05. The van der Waals surface area contributed by atoms with Crippen LogP contribution in [0.1, 0.15) is 31.9 Å². The Morgan fingerprint density at radius 2 is 2.21 bits per heavy atom. The van der Waals surface area contributed by atoms with Gasteiger partial charge in [-0.05, 0) is 30.4 Å². The molecule has 0 bridgehead atoms. The fraction of sp³-hybridized carbons (Fsp3) is 0.583. The van der Waals surface area contributed by atoms with Crippen LogP contribution in [0.15, 0.2) is 24.4 Å². The van der Waals surface area contributed by atoms with Gasteiger partial charge in [-0.2, -0.15) is 0 Å². The molecule has 0 radical (unpaired) electrons. The summed E-state index contributed by atoms with van der Waals surface area (Å²) in [6, 6.07) is 6.03. The molecule has 1 aromatic heterocycles. The fourth-order valence-corrected chi connectivity index (χ4v) is 2.45. The molecule has 0 saturated heterocycles. The Labute approximate surface area is 90.5 Å². The highest BCUT2D eigenvalue weighted by molar-refractivity contribution is 6.21. The monoisotopic (exact) mass is 209 g/mol. The molecule has 4 unspecified atom stereocenters.